The second-order valence-electron chi connectivity index (χ2n) is 8.13. The van der Waals surface area contributed by atoms with E-state index in [9.17, 15) is 9.90 Å². The van der Waals surface area contributed by atoms with Crippen molar-refractivity contribution >= 4 is 51.8 Å². The molecule has 6 nitrogen and oxygen atoms in total. The highest BCUT2D eigenvalue weighted by molar-refractivity contribution is 7.15. The Labute approximate surface area is 219 Å². The predicted molar refractivity (Wildman–Crippen MR) is 140 cm³/mol. The van der Waals surface area contributed by atoms with Gasteiger partial charge in [-0.05, 0) is 55.3 Å². The third kappa shape index (κ3) is 4.41. The molecule has 0 bridgehead atoms. The molecule has 0 fully saturated rings. The molecule has 0 aliphatic rings. The number of hydrogen-bond acceptors (Lipinski definition) is 5. The zero-order chi connectivity index (χ0) is 24.9. The number of nitrogens with zero attached hydrogens (tertiary/aromatic N) is 4. The quantitative estimate of drug-likeness (QED) is 0.277. The van der Waals surface area contributed by atoms with E-state index in [0.29, 0.717) is 43.5 Å². The molecule has 4 heterocycles. The maximum atomic E-state index is 13.7. The van der Waals surface area contributed by atoms with Crippen molar-refractivity contribution in [3.05, 3.63) is 95.9 Å². The highest BCUT2D eigenvalue weighted by atomic mass is 35.5. The minimum atomic E-state index is -0.341. The smallest absolute Gasteiger partial charge is 0.354 e. The van der Waals surface area contributed by atoms with Crippen molar-refractivity contribution in [2.24, 2.45) is 0 Å². The van der Waals surface area contributed by atoms with Crippen LogP contribution in [-0.4, -0.2) is 19.5 Å². The summed E-state index contributed by atoms with van der Waals surface area (Å²) in [5, 5.41) is 12.3. The van der Waals surface area contributed by atoms with Crippen molar-refractivity contribution in [2.75, 3.05) is 0 Å². The number of thiazole rings is 1. The molecule has 0 atom stereocenters. The van der Waals surface area contributed by atoms with Crippen LogP contribution in [0.2, 0.25) is 14.5 Å². The Balaban J connectivity index is 1.79. The monoisotopic (exact) mass is 543 g/mol. The van der Waals surface area contributed by atoms with Gasteiger partial charge in [-0.3, -0.25) is 4.98 Å². The van der Waals surface area contributed by atoms with Gasteiger partial charge in [-0.2, -0.15) is 8.97 Å². The Morgan fingerprint density at radius 3 is 2.54 bits per heavy atom. The van der Waals surface area contributed by atoms with E-state index < -0.39 is 0 Å². The van der Waals surface area contributed by atoms with Crippen LogP contribution in [0.5, 0.6) is 5.88 Å². The molecule has 1 N–H and O–H groups in total. The van der Waals surface area contributed by atoms with E-state index >= 15 is 0 Å². The van der Waals surface area contributed by atoms with Crippen LogP contribution in [0.25, 0.3) is 28.0 Å². The Morgan fingerprint density at radius 1 is 1.06 bits per heavy atom. The Kier molecular flexibility index (Phi) is 6.27. The summed E-state index contributed by atoms with van der Waals surface area (Å²) in [4.78, 5) is 23.0. The van der Waals surface area contributed by atoms with Crippen molar-refractivity contribution in [3.63, 3.8) is 0 Å². The number of fused-ring (bicyclic) bond motifs is 1. The zero-order valence-corrected chi connectivity index (χ0v) is 21.7. The van der Waals surface area contributed by atoms with E-state index in [1.807, 2.05) is 32.0 Å². The van der Waals surface area contributed by atoms with Crippen molar-refractivity contribution < 1.29 is 9.67 Å². The summed E-state index contributed by atoms with van der Waals surface area (Å²) in [7, 11) is 0. The van der Waals surface area contributed by atoms with Crippen LogP contribution in [0.3, 0.4) is 0 Å². The standard InChI is InChI=1S/C25H17Cl3N4O2S/c1-13-6-15(8-16(7-13)21-19(27)9-17(26)10-29-21)20-23(33)31-5-3-4-14(2)22(31)32(24(20)34)12-18-11-30-25(28)35-18/h3-11H,12H2,1-2H3/p+1. The van der Waals surface area contributed by atoms with E-state index in [0.717, 1.165) is 16.0 Å². The van der Waals surface area contributed by atoms with Crippen molar-refractivity contribution in [1.29, 1.82) is 0 Å². The third-order valence-electron chi connectivity index (χ3n) is 5.62. The molecule has 4 aromatic heterocycles. The van der Waals surface area contributed by atoms with Crippen LogP contribution < -0.4 is 10.1 Å². The summed E-state index contributed by atoms with van der Waals surface area (Å²) < 4.78 is 3.65. The summed E-state index contributed by atoms with van der Waals surface area (Å²) >= 11 is 19.8. The number of pyridine rings is 2. The van der Waals surface area contributed by atoms with E-state index in [-0.39, 0.29) is 17.0 Å². The van der Waals surface area contributed by atoms with Crippen LogP contribution in [0, 0.1) is 13.8 Å². The van der Waals surface area contributed by atoms with Gasteiger partial charge in [-0.25, -0.2) is 9.78 Å². The molecule has 5 rings (SSSR count). The molecule has 0 unspecified atom stereocenters. The van der Waals surface area contributed by atoms with Gasteiger partial charge >= 0.3 is 5.56 Å². The van der Waals surface area contributed by atoms with E-state index in [4.69, 9.17) is 34.8 Å². The fourth-order valence-corrected chi connectivity index (χ4v) is 5.63. The zero-order valence-electron chi connectivity index (χ0n) is 18.6. The molecular weight excluding hydrogens is 527 g/mol. The molecule has 0 amide bonds. The molecule has 0 aliphatic heterocycles. The van der Waals surface area contributed by atoms with Gasteiger partial charge in [0.2, 0.25) is 0 Å². The molecular formula is C25H18Cl3N4O2S+. The van der Waals surface area contributed by atoms with Gasteiger partial charge in [-0.1, -0.05) is 40.9 Å². The number of halogens is 3. The average Bonchev–Trinajstić information content (AvgIpc) is 3.21. The number of benzene rings is 1. The first kappa shape index (κ1) is 23.8. The minimum absolute atomic E-state index is 0.152. The number of rotatable bonds is 4. The van der Waals surface area contributed by atoms with E-state index in [2.05, 4.69) is 9.97 Å². The van der Waals surface area contributed by atoms with Gasteiger partial charge < -0.3 is 5.11 Å². The summed E-state index contributed by atoms with van der Waals surface area (Å²) in [5.74, 6) is -0.152. The van der Waals surface area contributed by atoms with E-state index in [1.54, 1.807) is 39.6 Å². The fourth-order valence-electron chi connectivity index (χ4n) is 4.17. The first-order valence-electron chi connectivity index (χ1n) is 10.5. The topological polar surface area (TPSA) is 71.4 Å². The van der Waals surface area contributed by atoms with Crippen molar-refractivity contribution in [1.82, 2.24) is 14.4 Å². The predicted octanol–water partition coefficient (Wildman–Crippen LogP) is 6.10. The third-order valence-corrected chi connectivity index (χ3v) is 7.21. The molecule has 0 spiro atoms. The lowest BCUT2D eigenvalue weighted by molar-refractivity contribution is -0.671. The van der Waals surface area contributed by atoms with Crippen LogP contribution in [0.15, 0.2) is 59.8 Å². The summed E-state index contributed by atoms with van der Waals surface area (Å²) in [5.41, 5.74) is 3.90. The van der Waals surface area contributed by atoms with Gasteiger partial charge in [0.1, 0.15) is 6.54 Å². The molecule has 0 radical (unpaired) electrons. The van der Waals surface area contributed by atoms with Crippen LogP contribution >= 0.6 is 46.1 Å². The molecule has 0 saturated carbocycles. The second-order valence-corrected chi connectivity index (χ2v) is 10.7. The minimum Gasteiger partial charge on any atom is -0.477 e. The highest BCUT2D eigenvalue weighted by Crippen LogP contribution is 2.33. The van der Waals surface area contributed by atoms with Gasteiger partial charge in [0.05, 0.1) is 26.8 Å². The summed E-state index contributed by atoms with van der Waals surface area (Å²) in [6.45, 7) is 4.09. The van der Waals surface area contributed by atoms with Gasteiger partial charge in [0.15, 0.2) is 10.0 Å². The lowest BCUT2D eigenvalue weighted by Crippen LogP contribution is -2.41. The first-order valence-corrected chi connectivity index (χ1v) is 12.5. The van der Waals surface area contributed by atoms with Crippen molar-refractivity contribution in [3.8, 4) is 28.3 Å². The average molecular weight is 545 g/mol. The Bertz CT molecular complexity index is 1680. The number of aromatic nitrogens is 4. The van der Waals surface area contributed by atoms with Gasteiger partial charge in [-0.15, -0.1) is 11.3 Å². The largest absolute Gasteiger partial charge is 0.477 e. The van der Waals surface area contributed by atoms with Crippen LogP contribution in [0.4, 0.5) is 0 Å². The van der Waals surface area contributed by atoms with Gasteiger partial charge in [0, 0.05) is 23.5 Å². The highest BCUT2D eigenvalue weighted by Gasteiger charge is 2.27. The number of hydrogen-bond donors (Lipinski definition) is 1. The molecule has 176 valence electrons. The Hall–Kier alpha value is -2.97. The van der Waals surface area contributed by atoms with E-state index in [1.165, 1.54) is 17.5 Å². The molecule has 35 heavy (non-hydrogen) atoms. The Morgan fingerprint density at radius 2 is 1.83 bits per heavy atom. The van der Waals surface area contributed by atoms with Crippen LogP contribution in [0.1, 0.15) is 16.0 Å². The normalized spacial score (nSPS) is 11.3. The molecule has 0 aliphatic carbocycles. The summed E-state index contributed by atoms with van der Waals surface area (Å²) in [6, 6.07) is 10.9. The second kappa shape index (κ2) is 9.24. The maximum absolute atomic E-state index is 13.7. The fraction of sp³-hybridized carbons (Fsp3) is 0.120. The molecule has 1 aromatic carbocycles. The number of aryl methyl sites for hydroxylation is 2. The van der Waals surface area contributed by atoms with Gasteiger partial charge in [0.25, 0.3) is 11.5 Å². The summed E-state index contributed by atoms with van der Waals surface area (Å²) in [6.07, 6.45) is 4.88. The van der Waals surface area contributed by atoms with Crippen LogP contribution in [-0.2, 0) is 6.54 Å². The molecule has 0 saturated heterocycles. The first-order chi connectivity index (χ1) is 16.7. The SMILES string of the molecule is Cc1cc(-c2ncc(Cl)cc2Cl)cc(-c2c(O)[n+](Cc3cnc(Cl)s3)c3c(C)cccn3c2=O)c1. The number of aromatic hydroxyl groups is 1. The lowest BCUT2D eigenvalue weighted by Gasteiger charge is -2.12. The maximum Gasteiger partial charge on any atom is 0.354 e. The molecule has 10 heteroatoms. The lowest BCUT2D eigenvalue weighted by atomic mass is 9.99. The van der Waals surface area contributed by atoms with Crippen molar-refractivity contribution in [2.45, 2.75) is 20.4 Å². The molecule has 5 aromatic rings.